The molecule has 0 unspecified atom stereocenters. The minimum Gasteiger partial charge on any atom is -0.369 e. The molecule has 4 nitrogen and oxygen atoms in total. The Morgan fingerprint density at radius 3 is 2.80 bits per heavy atom. The number of amides is 1. The fraction of sp³-hybridized carbons (Fsp3) is 0.900. The first-order valence-corrected chi connectivity index (χ1v) is 5.30. The first kappa shape index (κ1) is 14.7. The molecule has 1 rings (SSSR count). The van der Waals surface area contributed by atoms with Crippen LogP contribution in [0.4, 0.5) is 0 Å². The van der Waals surface area contributed by atoms with E-state index in [0.29, 0.717) is 0 Å². The molecule has 0 aliphatic carbocycles. The van der Waals surface area contributed by atoms with Crippen molar-refractivity contribution in [3.63, 3.8) is 0 Å². The molecule has 1 aliphatic heterocycles. The van der Waals surface area contributed by atoms with Gasteiger partial charge in [-0.05, 0) is 26.8 Å². The number of rotatable bonds is 3. The molecule has 1 saturated heterocycles. The van der Waals surface area contributed by atoms with Crippen LogP contribution in [0, 0.1) is 0 Å². The second-order valence-electron chi connectivity index (χ2n) is 3.84. The standard InChI is InChI=1S/C10H20N2O2.ClH/c1-9(2)14-8-10(13)12-6-3-4-11-5-7-12;/h9,11H,3-8H2,1-2H3;1H. The number of ether oxygens (including phenoxy) is 1. The lowest BCUT2D eigenvalue weighted by molar-refractivity contribution is -0.137. The molecule has 1 amide bonds. The number of carbonyl (C=O) groups is 1. The Hall–Kier alpha value is -0.320. The highest BCUT2D eigenvalue weighted by Crippen LogP contribution is 1.98. The van der Waals surface area contributed by atoms with E-state index in [0.717, 1.165) is 32.6 Å². The van der Waals surface area contributed by atoms with Gasteiger partial charge in [0, 0.05) is 19.6 Å². The molecule has 0 aromatic heterocycles. The van der Waals surface area contributed by atoms with Crippen LogP contribution >= 0.6 is 12.4 Å². The zero-order valence-electron chi connectivity index (χ0n) is 9.49. The van der Waals surface area contributed by atoms with Crippen molar-refractivity contribution < 1.29 is 9.53 Å². The van der Waals surface area contributed by atoms with E-state index >= 15 is 0 Å². The van der Waals surface area contributed by atoms with E-state index in [2.05, 4.69) is 5.32 Å². The number of nitrogens with zero attached hydrogens (tertiary/aromatic N) is 1. The molecule has 1 aliphatic rings. The Morgan fingerprint density at radius 1 is 1.40 bits per heavy atom. The summed E-state index contributed by atoms with van der Waals surface area (Å²) in [4.78, 5) is 13.5. The average Bonchev–Trinajstić information content (AvgIpc) is 2.42. The summed E-state index contributed by atoms with van der Waals surface area (Å²) in [6.07, 6.45) is 1.16. The van der Waals surface area contributed by atoms with Crippen LogP contribution in [0.5, 0.6) is 0 Å². The van der Waals surface area contributed by atoms with Gasteiger partial charge in [0.1, 0.15) is 6.61 Å². The molecule has 5 heteroatoms. The van der Waals surface area contributed by atoms with Crippen molar-refractivity contribution in [3.8, 4) is 0 Å². The Balaban J connectivity index is 0.00000196. The molecule has 15 heavy (non-hydrogen) atoms. The van der Waals surface area contributed by atoms with E-state index in [-0.39, 0.29) is 31.0 Å². The summed E-state index contributed by atoms with van der Waals surface area (Å²) in [6, 6.07) is 0. The number of hydrogen-bond donors (Lipinski definition) is 1. The van der Waals surface area contributed by atoms with Crippen molar-refractivity contribution in [3.05, 3.63) is 0 Å². The highest BCUT2D eigenvalue weighted by molar-refractivity contribution is 5.85. The smallest absolute Gasteiger partial charge is 0.248 e. The first-order chi connectivity index (χ1) is 6.70. The van der Waals surface area contributed by atoms with Gasteiger partial charge >= 0.3 is 0 Å². The first-order valence-electron chi connectivity index (χ1n) is 5.30. The maximum atomic E-state index is 11.6. The van der Waals surface area contributed by atoms with Gasteiger partial charge in [-0.25, -0.2) is 0 Å². The Labute approximate surface area is 97.8 Å². The second kappa shape index (κ2) is 7.91. The van der Waals surface area contributed by atoms with Gasteiger partial charge in [0.25, 0.3) is 0 Å². The molecule has 0 spiro atoms. The van der Waals surface area contributed by atoms with Crippen molar-refractivity contribution in [2.24, 2.45) is 0 Å². The van der Waals surface area contributed by atoms with Crippen LogP contribution in [0.3, 0.4) is 0 Å². The molecule has 0 saturated carbocycles. The molecule has 0 bridgehead atoms. The summed E-state index contributed by atoms with van der Waals surface area (Å²) in [7, 11) is 0. The molecular formula is C10H21ClN2O2. The van der Waals surface area contributed by atoms with Gasteiger partial charge in [-0.1, -0.05) is 0 Å². The summed E-state index contributed by atoms with van der Waals surface area (Å²) in [5.41, 5.74) is 0. The fourth-order valence-corrected chi connectivity index (χ4v) is 1.42. The third-order valence-electron chi connectivity index (χ3n) is 2.23. The Morgan fingerprint density at radius 2 is 2.13 bits per heavy atom. The molecule has 90 valence electrons. The Kier molecular flexibility index (Phi) is 7.74. The van der Waals surface area contributed by atoms with Crippen molar-refractivity contribution in [1.29, 1.82) is 0 Å². The highest BCUT2D eigenvalue weighted by atomic mass is 35.5. The van der Waals surface area contributed by atoms with Gasteiger partial charge < -0.3 is 15.0 Å². The molecule has 1 N–H and O–H groups in total. The molecule has 0 atom stereocenters. The van der Waals surface area contributed by atoms with Gasteiger partial charge in [0.2, 0.25) is 5.91 Å². The summed E-state index contributed by atoms with van der Waals surface area (Å²) < 4.78 is 5.29. The van der Waals surface area contributed by atoms with Crippen molar-refractivity contribution in [1.82, 2.24) is 10.2 Å². The van der Waals surface area contributed by atoms with E-state index in [4.69, 9.17) is 4.74 Å². The number of hydrogen-bond acceptors (Lipinski definition) is 3. The average molecular weight is 237 g/mol. The maximum Gasteiger partial charge on any atom is 0.248 e. The lowest BCUT2D eigenvalue weighted by Crippen LogP contribution is -2.37. The molecule has 0 radical (unpaired) electrons. The topological polar surface area (TPSA) is 41.6 Å². The molecule has 0 aromatic rings. The second-order valence-corrected chi connectivity index (χ2v) is 3.84. The predicted molar refractivity (Wildman–Crippen MR) is 62.4 cm³/mol. The number of carbonyl (C=O) groups excluding carboxylic acids is 1. The SMILES string of the molecule is CC(C)OCC(=O)N1CCCNCC1.Cl. The normalized spacial score (nSPS) is 17.1. The van der Waals surface area contributed by atoms with Crippen LogP contribution in [-0.4, -0.2) is 49.7 Å². The Bertz CT molecular complexity index is 180. The van der Waals surface area contributed by atoms with E-state index in [1.807, 2.05) is 18.7 Å². The molecule has 1 fully saturated rings. The van der Waals surface area contributed by atoms with Gasteiger partial charge in [0.15, 0.2) is 0 Å². The number of halogens is 1. The quantitative estimate of drug-likeness (QED) is 0.783. The minimum atomic E-state index is 0. The lowest BCUT2D eigenvalue weighted by Gasteiger charge is -2.20. The molecule has 0 aromatic carbocycles. The number of nitrogens with one attached hydrogen (secondary N) is 1. The monoisotopic (exact) mass is 236 g/mol. The lowest BCUT2D eigenvalue weighted by atomic mass is 10.4. The minimum absolute atomic E-state index is 0. The van der Waals surface area contributed by atoms with Crippen LogP contribution in [-0.2, 0) is 9.53 Å². The third kappa shape index (κ3) is 5.97. The summed E-state index contributed by atoms with van der Waals surface area (Å²) in [5.74, 6) is 0.113. The summed E-state index contributed by atoms with van der Waals surface area (Å²) >= 11 is 0. The zero-order chi connectivity index (χ0) is 10.4. The third-order valence-corrected chi connectivity index (χ3v) is 2.23. The highest BCUT2D eigenvalue weighted by Gasteiger charge is 2.15. The van der Waals surface area contributed by atoms with Crippen molar-refractivity contribution in [2.75, 3.05) is 32.8 Å². The summed E-state index contributed by atoms with van der Waals surface area (Å²) in [5, 5.41) is 3.26. The zero-order valence-corrected chi connectivity index (χ0v) is 10.3. The van der Waals surface area contributed by atoms with Crippen LogP contribution in [0.2, 0.25) is 0 Å². The van der Waals surface area contributed by atoms with Crippen molar-refractivity contribution in [2.45, 2.75) is 26.4 Å². The van der Waals surface area contributed by atoms with E-state index < -0.39 is 0 Å². The van der Waals surface area contributed by atoms with E-state index in [1.54, 1.807) is 0 Å². The van der Waals surface area contributed by atoms with Crippen LogP contribution < -0.4 is 5.32 Å². The predicted octanol–water partition coefficient (Wildman–Crippen LogP) is 0.655. The fourth-order valence-electron chi connectivity index (χ4n) is 1.42. The van der Waals surface area contributed by atoms with Crippen LogP contribution in [0.1, 0.15) is 20.3 Å². The van der Waals surface area contributed by atoms with E-state index in [9.17, 15) is 4.79 Å². The molecule has 1 heterocycles. The van der Waals surface area contributed by atoms with Crippen LogP contribution in [0.25, 0.3) is 0 Å². The maximum absolute atomic E-state index is 11.6. The van der Waals surface area contributed by atoms with E-state index in [1.165, 1.54) is 0 Å². The van der Waals surface area contributed by atoms with Gasteiger partial charge in [-0.15, -0.1) is 12.4 Å². The van der Waals surface area contributed by atoms with Crippen LogP contribution in [0.15, 0.2) is 0 Å². The van der Waals surface area contributed by atoms with Gasteiger partial charge in [-0.2, -0.15) is 0 Å². The largest absolute Gasteiger partial charge is 0.369 e. The van der Waals surface area contributed by atoms with Gasteiger partial charge in [0.05, 0.1) is 6.10 Å². The van der Waals surface area contributed by atoms with Crippen molar-refractivity contribution >= 4 is 18.3 Å². The summed E-state index contributed by atoms with van der Waals surface area (Å²) in [6.45, 7) is 7.67. The molecular weight excluding hydrogens is 216 g/mol. The van der Waals surface area contributed by atoms with Gasteiger partial charge in [-0.3, -0.25) is 4.79 Å².